The first-order chi connectivity index (χ1) is 7.69. The lowest BCUT2D eigenvalue weighted by Gasteiger charge is -2.19. The maximum atomic E-state index is 5.65. The van der Waals surface area contributed by atoms with Crippen LogP contribution in [0.15, 0.2) is 0 Å². The van der Waals surface area contributed by atoms with Gasteiger partial charge < -0.3 is 9.47 Å². The Hall–Kier alpha value is -0.120. The topological polar surface area (TPSA) is 25.0 Å². The van der Waals surface area contributed by atoms with Crippen LogP contribution in [0.1, 0.15) is 53.4 Å². The summed E-state index contributed by atoms with van der Waals surface area (Å²) in [6.07, 6.45) is 5.48. The van der Waals surface area contributed by atoms with Gasteiger partial charge in [-0.1, -0.05) is 26.7 Å². The molecule has 1 fully saturated rings. The molecule has 1 rings (SSSR count). The van der Waals surface area contributed by atoms with Crippen molar-refractivity contribution in [2.75, 3.05) is 13.1 Å². The van der Waals surface area contributed by atoms with Gasteiger partial charge in [-0.25, -0.2) is 0 Å². The second-order valence-electron chi connectivity index (χ2n) is 4.82. The van der Waals surface area contributed by atoms with Crippen molar-refractivity contribution in [1.29, 1.82) is 0 Å². The smallest absolute Gasteiger partial charge is 0.200 e. The quantitative estimate of drug-likeness (QED) is 0.568. The third-order valence-electron chi connectivity index (χ3n) is 2.79. The molecule has 0 spiro atoms. The maximum absolute atomic E-state index is 5.65. The van der Waals surface area contributed by atoms with Crippen LogP contribution in [0, 0.1) is 0 Å². The molecule has 2 unspecified atom stereocenters. The van der Waals surface area contributed by atoms with Crippen molar-refractivity contribution in [2.45, 2.75) is 72.0 Å². The molecule has 2 atom stereocenters. The third kappa shape index (κ3) is 4.81. The minimum absolute atomic E-state index is 0.0220. The molecule has 0 aromatic heterocycles. The predicted molar refractivity (Wildman–Crippen MR) is 66.3 cm³/mol. The van der Waals surface area contributed by atoms with Crippen molar-refractivity contribution in [2.24, 2.45) is 0 Å². The number of nitrogens with zero attached hydrogens (tertiary/aromatic N) is 1. The van der Waals surface area contributed by atoms with E-state index in [9.17, 15) is 0 Å². The van der Waals surface area contributed by atoms with Crippen LogP contribution >= 0.6 is 0 Å². The number of hydrogen-bond acceptors (Lipinski definition) is 3. The van der Waals surface area contributed by atoms with Crippen molar-refractivity contribution in [3.63, 3.8) is 0 Å². The normalized spacial score (nSPS) is 24.4. The van der Waals surface area contributed by atoms with Crippen molar-refractivity contribution < 1.29 is 9.47 Å². The van der Waals surface area contributed by atoms with Gasteiger partial charge in [0.1, 0.15) is 0 Å². The fourth-order valence-electron chi connectivity index (χ4n) is 1.81. The van der Waals surface area contributed by atoms with Gasteiger partial charge in [0.2, 0.25) is 0 Å². The largest absolute Gasteiger partial charge is 0.346 e. The first kappa shape index (κ1) is 13.9. The van der Waals surface area contributed by atoms with Gasteiger partial charge >= 0.3 is 0 Å². The average molecular weight is 229 g/mol. The van der Waals surface area contributed by atoms with Crippen LogP contribution in [0.5, 0.6) is 0 Å². The second kappa shape index (κ2) is 7.25. The SMILES string of the molecule is CCCCN(CCCC)C1OC1OC(C)C. The van der Waals surface area contributed by atoms with Crippen LogP contribution in [0.3, 0.4) is 0 Å². The van der Waals surface area contributed by atoms with Crippen LogP contribution in [-0.2, 0) is 9.47 Å². The monoisotopic (exact) mass is 229 g/mol. The zero-order valence-corrected chi connectivity index (χ0v) is 11.2. The van der Waals surface area contributed by atoms with Gasteiger partial charge in [0, 0.05) is 13.1 Å². The fraction of sp³-hybridized carbons (Fsp3) is 1.00. The van der Waals surface area contributed by atoms with Gasteiger partial charge in [0.15, 0.2) is 12.5 Å². The summed E-state index contributed by atoms with van der Waals surface area (Å²) in [4.78, 5) is 2.43. The Morgan fingerprint density at radius 3 is 2.12 bits per heavy atom. The van der Waals surface area contributed by atoms with Crippen molar-refractivity contribution in [3.05, 3.63) is 0 Å². The van der Waals surface area contributed by atoms with Crippen LogP contribution in [0.25, 0.3) is 0 Å². The highest BCUT2D eigenvalue weighted by Gasteiger charge is 2.44. The summed E-state index contributed by atoms with van der Waals surface area (Å²) in [5, 5.41) is 0. The number of hydrogen-bond donors (Lipinski definition) is 0. The zero-order valence-electron chi connectivity index (χ0n) is 11.2. The summed E-state index contributed by atoms with van der Waals surface area (Å²) < 4.78 is 11.2. The van der Waals surface area contributed by atoms with E-state index in [0.29, 0.717) is 0 Å². The van der Waals surface area contributed by atoms with Crippen LogP contribution < -0.4 is 0 Å². The highest BCUT2D eigenvalue weighted by Crippen LogP contribution is 2.28. The number of unbranched alkanes of at least 4 members (excludes halogenated alkanes) is 2. The number of ether oxygens (including phenoxy) is 2. The molecule has 1 saturated heterocycles. The minimum atomic E-state index is 0.0220. The average Bonchev–Trinajstić information content (AvgIpc) is 2.96. The molecule has 1 heterocycles. The maximum Gasteiger partial charge on any atom is 0.200 e. The van der Waals surface area contributed by atoms with Crippen LogP contribution in [-0.4, -0.2) is 36.6 Å². The zero-order chi connectivity index (χ0) is 12.0. The first-order valence-corrected chi connectivity index (χ1v) is 6.74. The lowest BCUT2D eigenvalue weighted by Crippen LogP contribution is -2.31. The van der Waals surface area contributed by atoms with E-state index >= 15 is 0 Å². The molecule has 1 aliphatic rings. The van der Waals surface area contributed by atoms with Crippen molar-refractivity contribution in [3.8, 4) is 0 Å². The number of epoxide rings is 1. The fourth-order valence-corrected chi connectivity index (χ4v) is 1.81. The molecule has 0 aromatic carbocycles. The lowest BCUT2D eigenvalue weighted by atomic mass is 10.2. The van der Waals surface area contributed by atoms with Crippen molar-refractivity contribution in [1.82, 2.24) is 4.90 Å². The molecule has 0 bridgehead atoms. The molecule has 0 amide bonds. The highest BCUT2D eigenvalue weighted by molar-refractivity contribution is 4.78. The van der Waals surface area contributed by atoms with Crippen LogP contribution in [0.4, 0.5) is 0 Å². The molecular formula is C13H27NO2. The minimum Gasteiger partial charge on any atom is -0.346 e. The van der Waals surface area contributed by atoms with E-state index < -0.39 is 0 Å². The van der Waals surface area contributed by atoms with Gasteiger partial charge in [-0.3, -0.25) is 4.90 Å². The summed E-state index contributed by atoms with van der Waals surface area (Å²) in [6.45, 7) is 10.8. The second-order valence-corrected chi connectivity index (χ2v) is 4.82. The van der Waals surface area contributed by atoms with Gasteiger partial charge in [0.05, 0.1) is 6.10 Å². The van der Waals surface area contributed by atoms with Crippen molar-refractivity contribution >= 4 is 0 Å². The summed E-state index contributed by atoms with van der Waals surface area (Å²) in [5.41, 5.74) is 0. The molecule has 0 saturated carbocycles. The Labute approximate surface area is 100 Å². The molecule has 96 valence electrons. The van der Waals surface area contributed by atoms with E-state index in [1.54, 1.807) is 0 Å². The van der Waals surface area contributed by atoms with E-state index in [2.05, 4.69) is 32.6 Å². The Morgan fingerprint density at radius 1 is 1.12 bits per heavy atom. The molecular weight excluding hydrogens is 202 g/mol. The Kier molecular flexibility index (Phi) is 6.32. The van der Waals surface area contributed by atoms with Gasteiger partial charge in [-0.2, -0.15) is 0 Å². The highest BCUT2D eigenvalue weighted by atomic mass is 16.8. The summed E-state index contributed by atoms with van der Waals surface area (Å²) in [5.74, 6) is 0. The first-order valence-electron chi connectivity index (χ1n) is 6.74. The Bertz CT molecular complexity index is 177. The Balaban J connectivity index is 2.27. The molecule has 0 aliphatic carbocycles. The predicted octanol–water partition coefficient (Wildman–Crippen LogP) is 3.00. The van der Waals surface area contributed by atoms with Crippen LogP contribution in [0.2, 0.25) is 0 Å². The van der Waals surface area contributed by atoms with E-state index in [4.69, 9.17) is 9.47 Å². The Morgan fingerprint density at radius 2 is 1.69 bits per heavy atom. The van der Waals surface area contributed by atoms with Gasteiger partial charge in [-0.05, 0) is 26.7 Å². The molecule has 0 aromatic rings. The lowest BCUT2D eigenvalue weighted by molar-refractivity contribution is 0.00750. The summed E-state index contributed by atoms with van der Waals surface area (Å²) in [7, 11) is 0. The molecule has 1 aliphatic heterocycles. The van der Waals surface area contributed by atoms with E-state index in [0.717, 1.165) is 13.1 Å². The molecule has 0 N–H and O–H groups in total. The number of rotatable bonds is 9. The summed E-state index contributed by atoms with van der Waals surface area (Å²) >= 11 is 0. The van der Waals surface area contributed by atoms with E-state index in [-0.39, 0.29) is 18.6 Å². The molecule has 0 radical (unpaired) electrons. The van der Waals surface area contributed by atoms with E-state index in [1.165, 1.54) is 25.7 Å². The molecule has 16 heavy (non-hydrogen) atoms. The van der Waals surface area contributed by atoms with E-state index in [1.807, 2.05) is 0 Å². The molecule has 3 nitrogen and oxygen atoms in total. The standard InChI is InChI=1S/C13H27NO2/c1-5-7-9-14(10-8-6-2)12-13(16-12)15-11(3)4/h11-13H,5-10H2,1-4H3. The van der Waals surface area contributed by atoms with Gasteiger partial charge in [0.25, 0.3) is 0 Å². The van der Waals surface area contributed by atoms with Gasteiger partial charge in [-0.15, -0.1) is 0 Å². The third-order valence-corrected chi connectivity index (χ3v) is 2.79. The summed E-state index contributed by atoms with van der Waals surface area (Å²) in [6, 6.07) is 0. The molecule has 3 heteroatoms.